The van der Waals surface area contributed by atoms with Gasteiger partial charge in [-0.1, -0.05) is 12.8 Å². The monoisotopic (exact) mass is 404 g/mol. The van der Waals surface area contributed by atoms with Gasteiger partial charge in [-0.3, -0.25) is 14.5 Å². The van der Waals surface area contributed by atoms with Crippen molar-refractivity contribution in [2.45, 2.75) is 63.3 Å². The molecule has 0 radical (unpaired) electrons. The number of ether oxygens (including phenoxy) is 1. The SMILES string of the molecule is O=COCCN1CCC(c2cc(C(=O)N3CCCC4CCCCC43)cs2)CC1. The van der Waals surface area contributed by atoms with E-state index < -0.39 is 0 Å². The largest absolute Gasteiger partial charge is 0.467 e. The molecule has 2 saturated heterocycles. The van der Waals surface area contributed by atoms with Crippen LogP contribution in [0.15, 0.2) is 11.4 Å². The van der Waals surface area contributed by atoms with Crippen LogP contribution in [0.5, 0.6) is 0 Å². The lowest BCUT2D eigenvalue weighted by atomic mass is 9.78. The first-order chi connectivity index (χ1) is 13.8. The summed E-state index contributed by atoms with van der Waals surface area (Å²) in [4.78, 5) is 29.4. The lowest BCUT2D eigenvalue weighted by Crippen LogP contribution is -2.49. The number of thiophene rings is 1. The number of carbonyl (C=O) groups is 2. The van der Waals surface area contributed by atoms with Crippen LogP contribution >= 0.6 is 11.3 Å². The Morgan fingerprint density at radius 1 is 1.11 bits per heavy atom. The van der Waals surface area contributed by atoms with E-state index >= 15 is 0 Å². The fourth-order valence-electron chi connectivity index (χ4n) is 5.39. The molecule has 0 N–H and O–H groups in total. The molecule has 0 spiro atoms. The van der Waals surface area contributed by atoms with Gasteiger partial charge in [-0.15, -0.1) is 11.3 Å². The standard InChI is InChI=1S/C22H32N2O3S/c25-16-27-13-12-23-10-7-18(8-11-23)21-14-19(15-28-21)22(26)24-9-3-5-17-4-1-2-6-20(17)24/h14-18,20H,1-13H2. The van der Waals surface area contributed by atoms with Crippen molar-refractivity contribution < 1.29 is 14.3 Å². The molecule has 1 aromatic heterocycles. The van der Waals surface area contributed by atoms with Crippen LogP contribution in [0.3, 0.4) is 0 Å². The Morgan fingerprint density at radius 3 is 2.71 bits per heavy atom. The number of fused-ring (bicyclic) bond motifs is 1. The summed E-state index contributed by atoms with van der Waals surface area (Å²) in [6.07, 6.45) is 9.81. The maximum absolute atomic E-state index is 13.2. The van der Waals surface area contributed by atoms with Crippen LogP contribution < -0.4 is 0 Å². The predicted molar refractivity (Wildman–Crippen MR) is 111 cm³/mol. The number of likely N-dealkylation sites (tertiary alicyclic amines) is 2. The maximum atomic E-state index is 13.2. The van der Waals surface area contributed by atoms with Crippen LogP contribution in [-0.4, -0.2) is 61.0 Å². The van der Waals surface area contributed by atoms with E-state index in [1.807, 2.05) is 0 Å². The molecule has 2 unspecified atom stereocenters. The highest BCUT2D eigenvalue weighted by atomic mass is 32.1. The van der Waals surface area contributed by atoms with Crippen molar-refractivity contribution in [3.63, 3.8) is 0 Å². The molecule has 3 aliphatic rings. The average Bonchev–Trinajstić information content (AvgIpc) is 3.24. The van der Waals surface area contributed by atoms with E-state index in [9.17, 15) is 9.59 Å². The summed E-state index contributed by atoms with van der Waals surface area (Å²) in [6, 6.07) is 2.66. The minimum absolute atomic E-state index is 0.266. The molecule has 5 nitrogen and oxygen atoms in total. The first kappa shape index (κ1) is 19.9. The van der Waals surface area contributed by atoms with Crippen LogP contribution in [-0.2, 0) is 9.53 Å². The summed E-state index contributed by atoms with van der Waals surface area (Å²) >= 11 is 1.76. The Morgan fingerprint density at radius 2 is 1.89 bits per heavy atom. The second-order valence-electron chi connectivity index (χ2n) is 8.57. The number of carbonyl (C=O) groups excluding carboxylic acids is 2. The highest BCUT2D eigenvalue weighted by molar-refractivity contribution is 7.10. The molecule has 6 heteroatoms. The molecule has 2 atom stereocenters. The smallest absolute Gasteiger partial charge is 0.293 e. The van der Waals surface area contributed by atoms with Gasteiger partial charge in [0.25, 0.3) is 12.4 Å². The first-order valence-electron chi connectivity index (χ1n) is 10.9. The number of rotatable bonds is 6. The van der Waals surface area contributed by atoms with Crippen LogP contribution in [0.25, 0.3) is 0 Å². The van der Waals surface area contributed by atoms with Crippen LogP contribution in [0.2, 0.25) is 0 Å². The third-order valence-corrected chi connectivity index (χ3v) is 8.05. The second-order valence-corrected chi connectivity index (χ2v) is 9.52. The highest BCUT2D eigenvalue weighted by Crippen LogP contribution is 2.37. The van der Waals surface area contributed by atoms with E-state index in [2.05, 4.69) is 21.2 Å². The van der Waals surface area contributed by atoms with Gasteiger partial charge >= 0.3 is 0 Å². The summed E-state index contributed by atoms with van der Waals surface area (Å²) in [5.41, 5.74) is 0.910. The van der Waals surface area contributed by atoms with Gasteiger partial charge in [0.2, 0.25) is 0 Å². The minimum Gasteiger partial charge on any atom is -0.467 e. The third kappa shape index (κ3) is 4.43. The van der Waals surface area contributed by atoms with Crippen molar-refractivity contribution in [3.05, 3.63) is 21.9 Å². The fourth-order valence-corrected chi connectivity index (χ4v) is 6.45. The van der Waals surface area contributed by atoms with E-state index in [1.165, 1.54) is 37.0 Å². The zero-order valence-corrected chi connectivity index (χ0v) is 17.5. The molecule has 1 amide bonds. The normalized spacial score (nSPS) is 26.6. The van der Waals surface area contributed by atoms with Gasteiger partial charge in [-0.2, -0.15) is 0 Å². The van der Waals surface area contributed by atoms with E-state index in [-0.39, 0.29) is 5.91 Å². The van der Waals surface area contributed by atoms with Crippen molar-refractivity contribution >= 4 is 23.7 Å². The quantitative estimate of drug-likeness (QED) is 0.533. The summed E-state index contributed by atoms with van der Waals surface area (Å²) in [5, 5.41) is 2.09. The van der Waals surface area contributed by atoms with Gasteiger partial charge < -0.3 is 9.64 Å². The van der Waals surface area contributed by atoms with E-state index in [1.54, 1.807) is 11.3 Å². The molecule has 1 saturated carbocycles. The highest BCUT2D eigenvalue weighted by Gasteiger charge is 2.36. The van der Waals surface area contributed by atoms with Gasteiger partial charge in [-0.25, -0.2) is 0 Å². The molecular weight excluding hydrogens is 372 g/mol. The van der Waals surface area contributed by atoms with Gasteiger partial charge in [0.05, 0.1) is 5.56 Å². The third-order valence-electron chi connectivity index (χ3n) is 6.95. The molecule has 0 bridgehead atoms. The van der Waals surface area contributed by atoms with E-state index in [0.717, 1.165) is 56.9 Å². The number of hydrogen-bond donors (Lipinski definition) is 0. The topological polar surface area (TPSA) is 49.9 Å². The van der Waals surface area contributed by atoms with Crippen molar-refractivity contribution in [2.24, 2.45) is 5.92 Å². The predicted octanol–water partition coefficient (Wildman–Crippen LogP) is 3.90. The summed E-state index contributed by atoms with van der Waals surface area (Å²) in [6.45, 7) is 4.82. The van der Waals surface area contributed by atoms with Crippen molar-refractivity contribution in [1.29, 1.82) is 0 Å². The molecular formula is C22H32N2O3S. The van der Waals surface area contributed by atoms with Gasteiger partial charge in [0, 0.05) is 29.4 Å². The van der Waals surface area contributed by atoms with Crippen LogP contribution in [0, 0.1) is 5.92 Å². The van der Waals surface area contributed by atoms with E-state index in [4.69, 9.17) is 4.74 Å². The number of amides is 1. The molecule has 3 heterocycles. The summed E-state index contributed by atoms with van der Waals surface area (Å²) in [5.74, 6) is 1.55. The molecule has 154 valence electrons. The second kappa shape index (κ2) is 9.40. The van der Waals surface area contributed by atoms with Crippen LogP contribution in [0.1, 0.15) is 72.5 Å². The maximum Gasteiger partial charge on any atom is 0.293 e. The van der Waals surface area contributed by atoms with Crippen molar-refractivity contribution in [2.75, 3.05) is 32.8 Å². The summed E-state index contributed by atoms with van der Waals surface area (Å²) < 4.78 is 4.81. The lowest BCUT2D eigenvalue weighted by molar-refractivity contribution is -0.129. The minimum atomic E-state index is 0.266. The fraction of sp³-hybridized carbons (Fsp3) is 0.727. The van der Waals surface area contributed by atoms with Gasteiger partial charge in [0.1, 0.15) is 6.61 Å². The molecule has 3 fully saturated rings. The average molecular weight is 405 g/mol. The zero-order chi connectivity index (χ0) is 19.3. The number of nitrogens with zero attached hydrogens (tertiary/aromatic N) is 2. The number of piperidine rings is 2. The van der Waals surface area contributed by atoms with Crippen molar-refractivity contribution in [1.82, 2.24) is 9.80 Å². The molecule has 28 heavy (non-hydrogen) atoms. The first-order valence-corrected chi connectivity index (χ1v) is 11.8. The molecule has 1 aromatic rings. The summed E-state index contributed by atoms with van der Waals surface area (Å²) in [7, 11) is 0. The number of hydrogen-bond acceptors (Lipinski definition) is 5. The van der Waals surface area contributed by atoms with Crippen LogP contribution in [0.4, 0.5) is 0 Å². The molecule has 4 rings (SSSR count). The van der Waals surface area contributed by atoms with Crippen molar-refractivity contribution in [3.8, 4) is 0 Å². The lowest BCUT2D eigenvalue weighted by Gasteiger charge is -2.44. The molecule has 0 aromatic carbocycles. The van der Waals surface area contributed by atoms with E-state index in [0.29, 0.717) is 25.0 Å². The van der Waals surface area contributed by atoms with Gasteiger partial charge in [0.15, 0.2) is 0 Å². The Labute approximate surface area is 172 Å². The Balaban J connectivity index is 1.34. The Kier molecular flexibility index (Phi) is 6.68. The van der Waals surface area contributed by atoms with Gasteiger partial charge in [-0.05, 0) is 69.5 Å². The Bertz CT molecular complexity index is 666. The zero-order valence-electron chi connectivity index (χ0n) is 16.7. The molecule has 2 aliphatic heterocycles. The molecule has 1 aliphatic carbocycles. The Hall–Kier alpha value is -1.40.